The third-order valence-corrected chi connectivity index (χ3v) is 3.11. The summed E-state index contributed by atoms with van der Waals surface area (Å²) >= 11 is 0. The molecule has 0 saturated heterocycles. The van der Waals surface area contributed by atoms with Crippen molar-refractivity contribution in [3.05, 3.63) is 12.2 Å². The molecule has 0 aromatic rings. The molecule has 3 nitrogen and oxygen atoms in total. The van der Waals surface area contributed by atoms with E-state index in [1.54, 1.807) is 0 Å². The van der Waals surface area contributed by atoms with Crippen LogP contribution in [-0.2, 0) is 4.79 Å². The van der Waals surface area contributed by atoms with Gasteiger partial charge in [0, 0.05) is 12.5 Å². The van der Waals surface area contributed by atoms with E-state index in [1.807, 2.05) is 20.8 Å². The highest BCUT2D eigenvalue weighted by atomic mass is 16.3. The molecule has 0 aromatic heterocycles. The molecule has 16 heavy (non-hydrogen) atoms. The Morgan fingerprint density at radius 1 is 1.50 bits per heavy atom. The molecular weight excluding hydrogens is 202 g/mol. The van der Waals surface area contributed by atoms with Gasteiger partial charge in [0.2, 0.25) is 5.91 Å². The SMILES string of the molecule is CC(C)(C)C(O)CNC(=O)C1CC=CCC1. The van der Waals surface area contributed by atoms with Crippen LogP contribution in [0, 0.1) is 11.3 Å². The molecule has 2 atom stereocenters. The van der Waals surface area contributed by atoms with Crippen molar-refractivity contribution in [1.29, 1.82) is 0 Å². The monoisotopic (exact) mass is 225 g/mol. The van der Waals surface area contributed by atoms with Gasteiger partial charge in [0.1, 0.15) is 0 Å². The Morgan fingerprint density at radius 2 is 2.19 bits per heavy atom. The van der Waals surface area contributed by atoms with Crippen molar-refractivity contribution in [1.82, 2.24) is 5.32 Å². The lowest BCUT2D eigenvalue weighted by Gasteiger charge is -2.27. The maximum atomic E-state index is 11.8. The van der Waals surface area contributed by atoms with Crippen LogP contribution in [0.1, 0.15) is 40.0 Å². The average Bonchev–Trinajstić information content (AvgIpc) is 2.25. The Labute approximate surface area is 97.9 Å². The van der Waals surface area contributed by atoms with Crippen molar-refractivity contribution in [3.63, 3.8) is 0 Å². The van der Waals surface area contributed by atoms with Crippen LogP contribution in [0.3, 0.4) is 0 Å². The zero-order valence-electron chi connectivity index (χ0n) is 10.5. The van der Waals surface area contributed by atoms with Gasteiger partial charge < -0.3 is 10.4 Å². The molecule has 0 aliphatic heterocycles. The van der Waals surface area contributed by atoms with Gasteiger partial charge in [-0.1, -0.05) is 32.9 Å². The fraction of sp³-hybridized carbons (Fsp3) is 0.769. The Bertz CT molecular complexity index is 266. The zero-order valence-corrected chi connectivity index (χ0v) is 10.5. The summed E-state index contributed by atoms with van der Waals surface area (Å²) in [5, 5.41) is 12.6. The molecule has 2 unspecified atom stereocenters. The molecule has 1 aliphatic carbocycles. The lowest BCUT2D eigenvalue weighted by atomic mass is 9.88. The third-order valence-electron chi connectivity index (χ3n) is 3.11. The number of aliphatic hydroxyl groups is 1. The summed E-state index contributed by atoms with van der Waals surface area (Å²) in [6, 6.07) is 0. The largest absolute Gasteiger partial charge is 0.391 e. The Balaban J connectivity index is 2.32. The van der Waals surface area contributed by atoms with Gasteiger partial charge in [-0.05, 0) is 24.7 Å². The summed E-state index contributed by atoms with van der Waals surface area (Å²) in [7, 11) is 0. The maximum absolute atomic E-state index is 11.8. The standard InChI is InChI=1S/C13H23NO2/c1-13(2,3)11(15)9-14-12(16)10-7-5-4-6-8-10/h4-5,10-11,15H,6-9H2,1-3H3,(H,14,16). The highest BCUT2D eigenvalue weighted by Crippen LogP contribution is 2.20. The number of carbonyl (C=O) groups is 1. The van der Waals surface area contributed by atoms with Crippen LogP contribution in [0.5, 0.6) is 0 Å². The molecule has 3 heteroatoms. The number of nitrogens with one attached hydrogen (secondary N) is 1. The van der Waals surface area contributed by atoms with Gasteiger partial charge in [0.15, 0.2) is 0 Å². The number of aliphatic hydroxyl groups excluding tert-OH is 1. The molecule has 2 N–H and O–H groups in total. The quantitative estimate of drug-likeness (QED) is 0.720. The fourth-order valence-corrected chi connectivity index (χ4v) is 1.68. The predicted octanol–water partition coefficient (Wildman–Crippen LogP) is 1.87. The topological polar surface area (TPSA) is 49.3 Å². The van der Waals surface area contributed by atoms with Gasteiger partial charge in [-0.3, -0.25) is 4.79 Å². The van der Waals surface area contributed by atoms with Crippen molar-refractivity contribution < 1.29 is 9.90 Å². The van der Waals surface area contributed by atoms with Gasteiger partial charge in [0.25, 0.3) is 0 Å². The summed E-state index contributed by atoms with van der Waals surface area (Å²) in [5.41, 5.74) is -0.181. The van der Waals surface area contributed by atoms with Crippen LogP contribution in [0.15, 0.2) is 12.2 Å². The minimum Gasteiger partial charge on any atom is -0.391 e. The van der Waals surface area contributed by atoms with Crippen LogP contribution in [0.2, 0.25) is 0 Å². The highest BCUT2D eigenvalue weighted by Gasteiger charge is 2.24. The van der Waals surface area contributed by atoms with Gasteiger partial charge in [-0.15, -0.1) is 0 Å². The molecular formula is C13H23NO2. The summed E-state index contributed by atoms with van der Waals surface area (Å²) in [6.07, 6.45) is 6.43. The molecule has 0 fully saturated rings. The molecule has 92 valence electrons. The number of hydrogen-bond donors (Lipinski definition) is 2. The first-order chi connectivity index (χ1) is 7.41. The van der Waals surface area contributed by atoms with E-state index >= 15 is 0 Å². The maximum Gasteiger partial charge on any atom is 0.223 e. The van der Waals surface area contributed by atoms with E-state index in [0.717, 1.165) is 19.3 Å². The van der Waals surface area contributed by atoms with E-state index < -0.39 is 6.10 Å². The van der Waals surface area contributed by atoms with E-state index in [9.17, 15) is 9.90 Å². The number of rotatable bonds is 3. The molecule has 0 heterocycles. The van der Waals surface area contributed by atoms with E-state index in [0.29, 0.717) is 6.54 Å². The second-order valence-electron chi connectivity index (χ2n) is 5.61. The summed E-state index contributed by atoms with van der Waals surface area (Å²) in [4.78, 5) is 11.8. The first-order valence-electron chi connectivity index (χ1n) is 6.02. The van der Waals surface area contributed by atoms with Crippen LogP contribution >= 0.6 is 0 Å². The minimum atomic E-state index is -0.490. The van der Waals surface area contributed by atoms with Crippen molar-refractivity contribution in [2.24, 2.45) is 11.3 Å². The average molecular weight is 225 g/mol. The van der Waals surface area contributed by atoms with Crippen molar-refractivity contribution >= 4 is 5.91 Å². The summed E-state index contributed by atoms with van der Waals surface area (Å²) < 4.78 is 0. The van der Waals surface area contributed by atoms with E-state index in [4.69, 9.17) is 0 Å². The Hall–Kier alpha value is -0.830. The molecule has 0 spiro atoms. The number of hydrogen-bond acceptors (Lipinski definition) is 2. The number of allylic oxidation sites excluding steroid dienone is 2. The second kappa shape index (κ2) is 5.48. The van der Waals surface area contributed by atoms with Gasteiger partial charge in [0.05, 0.1) is 6.10 Å². The highest BCUT2D eigenvalue weighted by molar-refractivity contribution is 5.78. The molecule has 0 bridgehead atoms. The van der Waals surface area contributed by atoms with E-state index in [1.165, 1.54) is 0 Å². The van der Waals surface area contributed by atoms with Gasteiger partial charge in [-0.2, -0.15) is 0 Å². The Kier molecular flexibility index (Phi) is 4.54. The van der Waals surface area contributed by atoms with Crippen LogP contribution in [-0.4, -0.2) is 23.7 Å². The number of carbonyl (C=O) groups excluding carboxylic acids is 1. The van der Waals surface area contributed by atoms with Crippen LogP contribution in [0.4, 0.5) is 0 Å². The Morgan fingerprint density at radius 3 is 2.69 bits per heavy atom. The van der Waals surface area contributed by atoms with E-state index in [2.05, 4.69) is 17.5 Å². The molecule has 1 aliphatic rings. The first kappa shape index (κ1) is 13.2. The van der Waals surface area contributed by atoms with Crippen molar-refractivity contribution in [2.45, 2.75) is 46.1 Å². The van der Waals surface area contributed by atoms with Crippen molar-refractivity contribution in [2.75, 3.05) is 6.54 Å². The molecule has 0 radical (unpaired) electrons. The third kappa shape index (κ3) is 3.97. The molecule has 0 aromatic carbocycles. The molecule has 1 rings (SSSR count). The van der Waals surface area contributed by atoms with Crippen LogP contribution in [0.25, 0.3) is 0 Å². The van der Waals surface area contributed by atoms with E-state index in [-0.39, 0.29) is 17.2 Å². The lowest BCUT2D eigenvalue weighted by Crippen LogP contribution is -2.41. The van der Waals surface area contributed by atoms with Crippen molar-refractivity contribution in [3.8, 4) is 0 Å². The first-order valence-corrected chi connectivity index (χ1v) is 6.02. The fourth-order valence-electron chi connectivity index (χ4n) is 1.68. The van der Waals surface area contributed by atoms with Gasteiger partial charge >= 0.3 is 0 Å². The summed E-state index contributed by atoms with van der Waals surface area (Å²) in [5.74, 6) is 0.171. The normalized spacial score (nSPS) is 22.9. The van der Waals surface area contributed by atoms with Gasteiger partial charge in [-0.25, -0.2) is 0 Å². The molecule has 1 amide bonds. The minimum absolute atomic E-state index is 0.0765. The number of amides is 1. The predicted molar refractivity (Wildman–Crippen MR) is 65.0 cm³/mol. The molecule has 0 saturated carbocycles. The second-order valence-corrected chi connectivity index (χ2v) is 5.61. The summed E-state index contributed by atoms with van der Waals surface area (Å²) in [6.45, 7) is 6.25. The zero-order chi connectivity index (χ0) is 12.2. The lowest BCUT2D eigenvalue weighted by molar-refractivity contribution is -0.126. The van der Waals surface area contributed by atoms with Crippen LogP contribution < -0.4 is 5.32 Å². The smallest absolute Gasteiger partial charge is 0.223 e.